The number of amides is 3. The van der Waals surface area contributed by atoms with Crippen LogP contribution in [0.3, 0.4) is 0 Å². The van der Waals surface area contributed by atoms with Crippen molar-refractivity contribution in [2.45, 2.75) is 26.2 Å². The summed E-state index contributed by atoms with van der Waals surface area (Å²) in [5.41, 5.74) is 0.789. The lowest BCUT2D eigenvalue weighted by molar-refractivity contribution is -0.154. The molecule has 1 saturated carbocycles. The van der Waals surface area contributed by atoms with E-state index in [1.54, 1.807) is 30.3 Å². The summed E-state index contributed by atoms with van der Waals surface area (Å²) >= 11 is 5.98. The Kier molecular flexibility index (Phi) is 7.80. The van der Waals surface area contributed by atoms with Crippen LogP contribution >= 0.6 is 11.6 Å². The molecule has 3 amide bonds. The maximum atomic E-state index is 13.6. The summed E-state index contributed by atoms with van der Waals surface area (Å²) in [6.45, 7) is 1.51. The number of carbonyl (C=O) groups excluding carboxylic acids is 5. The van der Waals surface area contributed by atoms with Gasteiger partial charge in [0.05, 0.1) is 17.4 Å². The number of ketones is 1. The van der Waals surface area contributed by atoms with Crippen LogP contribution in [0.2, 0.25) is 5.02 Å². The van der Waals surface area contributed by atoms with Gasteiger partial charge < -0.3 is 4.74 Å². The number of benzene rings is 3. The molecule has 8 nitrogen and oxygen atoms in total. The first-order valence-corrected chi connectivity index (χ1v) is 13.5. The first kappa shape index (κ1) is 27.3. The molecule has 3 aromatic rings. The number of hydrogen-bond acceptors (Lipinski definition) is 6. The number of carbonyl (C=O) groups is 5. The predicted octanol–water partition coefficient (Wildman–Crippen LogP) is 5.22. The van der Waals surface area contributed by atoms with Crippen molar-refractivity contribution in [2.75, 3.05) is 6.54 Å². The first-order chi connectivity index (χ1) is 19.2. The van der Waals surface area contributed by atoms with Crippen LogP contribution < -0.4 is 4.74 Å². The van der Waals surface area contributed by atoms with E-state index in [9.17, 15) is 24.0 Å². The van der Waals surface area contributed by atoms with E-state index in [0.717, 1.165) is 16.4 Å². The second-order valence-corrected chi connectivity index (χ2v) is 10.6. The molecule has 3 atom stereocenters. The normalized spacial score (nSPS) is 20.1. The Bertz CT molecular complexity index is 1460. The van der Waals surface area contributed by atoms with Crippen molar-refractivity contribution in [3.05, 3.63) is 101 Å². The van der Waals surface area contributed by atoms with Gasteiger partial charge in [0.15, 0.2) is 5.78 Å². The fraction of sp³-hybridized carbons (Fsp3) is 0.258. The van der Waals surface area contributed by atoms with Crippen LogP contribution in [0.1, 0.15) is 57.3 Å². The van der Waals surface area contributed by atoms with Crippen LogP contribution in [-0.4, -0.2) is 46.0 Å². The van der Waals surface area contributed by atoms with E-state index in [2.05, 4.69) is 0 Å². The maximum absolute atomic E-state index is 13.6. The summed E-state index contributed by atoms with van der Waals surface area (Å²) in [4.78, 5) is 66.1. The van der Waals surface area contributed by atoms with Gasteiger partial charge in [0.2, 0.25) is 0 Å². The SMILES string of the molecule is C[C@@H]1CC[C@H]2C(=O)N(N(CC(=O)c3ccc(OC(=O)c4ccccc4)cc3)C(=O)c3ccc(Cl)cc3)C(=O)[C@H]2C1. The van der Waals surface area contributed by atoms with Crippen molar-refractivity contribution >= 4 is 41.1 Å². The van der Waals surface area contributed by atoms with Gasteiger partial charge in [0.1, 0.15) is 12.3 Å². The summed E-state index contributed by atoms with van der Waals surface area (Å²) in [6, 6.07) is 20.4. The van der Waals surface area contributed by atoms with Crippen LogP contribution in [0.25, 0.3) is 0 Å². The molecule has 1 saturated heterocycles. The lowest BCUT2D eigenvalue weighted by Crippen LogP contribution is -2.52. The van der Waals surface area contributed by atoms with Gasteiger partial charge in [-0.15, -0.1) is 0 Å². The number of hydrazine groups is 1. The number of ether oxygens (including phenoxy) is 1. The Morgan fingerprint density at radius 3 is 2.12 bits per heavy atom. The molecular formula is C31H27ClN2O6. The van der Waals surface area contributed by atoms with E-state index in [1.807, 2.05) is 6.92 Å². The maximum Gasteiger partial charge on any atom is 0.343 e. The van der Waals surface area contributed by atoms with E-state index in [4.69, 9.17) is 16.3 Å². The molecule has 0 aromatic heterocycles. The molecule has 2 aliphatic rings. The fourth-order valence-corrected chi connectivity index (χ4v) is 5.39. The van der Waals surface area contributed by atoms with Crippen LogP contribution in [0.15, 0.2) is 78.9 Å². The minimum absolute atomic E-state index is 0.184. The van der Waals surface area contributed by atoms with Crippen LogP contribution in [0.5, 0.6) is 5.75 Å². The highest BCUT2D eigenvalue weighted by Gasteiger charge is 2.52. The number of fused-ring (bicyclic) bond motifs is 1. The van der Waals surface area contributed by atoms with E-state index in [-0.39, 0.29) is 22.8 Å². The summed E-state index contributed by atoms with van der Waals surface area (Å²) in [7, 11) is 0. The van der Waals surface area contributed by atoms with Crippen LogP contribution in [-0.2, 0) is 9.59 Å². The quantitative estimate of drug-likeness (QED) is 0.170. The molecule has 204 valence electrons. The molecule has 9 heteroatoms. The van der Waals surface area contributed by atoms with Crippen LogP contribution in [0, 0.1) is 17.8 Å². The molecule has 2 fully saturated rings. The lowest BCUT2D eigenvalue weighted by Gasteiger charge is -2.30. The van der Waals surface area contributed by atoms with Crippen molar-refractivity contribution in [3.8, 4) is 5.75 Å². The number of esters is 1. The third-order valence-corrected chi connectivity index (χ3v) is 7.67. The summed E-state index contributed by atoms with van der Waals surface area (Å²) in [5, 5.41) is 2.24. The van der Waals surface area contributed by atoms with E-state index >= 15 is 0 Å². The zero-order valence-electron chi connectivity index (χ0n) is 21.8. The zero-order chi connectivity index (χ0) is 28.4. The smallest absolute Gasteiger partial charge is 0.343 e. The molecule has 1 aliphatic heterocycles. The molecule has 0 spiro atoms. The van der Waals surface area contributed by atoms with Gasteiger partial charge in [-0.2, -0.15) is 5.01 Å². The monoisotopic (exact) mass is 558 g/mol. The molecule has 1 aliphatic carbocycles. The second kappa shape index (κ2) is 11.4. The average molecular weight is 559 g/mol. The van der Waals surface area contributed by atoms with E-state index in [1.165, 1.54) is 48.5 Å². The second-order valence-electron chi connectivity index (χ2n) is 10.2. The Morgan fingerprint density at radius 2 is 1.45 bits per heavy atom. The Hall–Kier alpha value is -4.30. The molecule has 0 bridgehead atoms. The Labute approximate surface area is 236 Å². The van der Waals surface area contributed by atoms with Gasteiger partial charge in [0.25, 0.3) is 17.7 Å². The Balaban J connectivity index is 1.38. The first-order valence-electron chi connectivity index (χ1n) is 13.1. The zero-order valence-corrected chi connectivity index (χ0v) is 22.5. The van der Waals surface area contributed by atoms with E-state index < -0.39 is 47.9 Å². The number of halogens is 1. The van der Waals surface area contributed by atoms with Gasteiger partial charge >= 0.3 is 5.97 Å². The summed E-state index contributed by atoms with van der Waals surface area (Å²) in [6.07, 6.45) is 1.94. The van der Waals surface area contributed by atoms with E-state index in [0.29, 0.717) is 23.4 Å². The molecule has 5 rings (SSSR count). The molecule has 40 heavy (non-hydrogen) atoms. The minimum atomic E-state index is -0.660. The molecule has 1 heterocycles. The molecular weight excluding hydrogens is 532 g/mol. The van der Waals surface area contributed by atoms with Gasteiger partial charge in [0, 0.05) is 16.1 Å². The van der Waals surface area contributed by atoms with Crippen LogP contribution in [0.4, 0.5) is 0 Å². The molecule has 0 radical (unpaired) electrons. The highest BCUT2D eigenvalue weighted by molar-refractivity contribution is 6.30. The van der Waals surface area contributed by atoms with Gasteiger partial charge in [-0.25, -0.2) is 9.80 Å². The van der Waals surface area contributed by atoms with Gasteiger partial charge in [-0.05, 0) is 85.8 Å². The average Bonchev–Trinajstić information content (AvgIpc) is 3.21. The number of imide groups is 1. The molecule has 0 N–H and O–H groups in total. The minimum Gasteiger partial charge on any atom is -0.423 e. The highest BCUT2D eigenvalue weighted by atomic mass is 35.5. The van der Waals surface area contributed by atoms with Gasteiger partial charge in [-0.3, -0.25) is 19.2 Å². The number of Topliss-reactive ketones (excluding diaryl/α,β-unsaturated/α-hetero) is 1. The largest absolute Gasteiger partial charge is 0.423 e. The van der Waals surface area contributed by atoms with Crippen molar-refractivity contribution in [1.82, 2.24) is 10.0 Å². The van der Waals surface area contributed by atoms with Crippen molar-refractivity contribution in [2.24, 2.45) is 17.8 Å². The highest BCUT2D eigenvalue weighted by Crippen LogP contribution is 2.41. The topological polar surface area (TPSA) is 101 Å². The molecule has 0 unspecified atom stereocenters. The summed E-state index contributed by atoms with van der Waals surface area (Å²) in [5.74, 6) is -3.10. The van der Waals surface area contributed by atoms with Crippen molar-refractivity contribution in [1.29, 1.82) is 0 Å². The number of hydrogen-bond donors (Lipinski definition) is 0. The molecule has 3 aromatic carbocycles. The fourth-order valence-electron chi connectivity index (χ4n) is 5.26. The number of rotatable bonds is 7. The summed E-state index contributed by atoms with van der Waals surface area (Å²) < 4.78 is 5.37. The number of nitrogens with zero attached hydrogens (tertiary/aromatic N) is 2. The lowest BCUT2D eigenvalue weighted by atomic mass is 9.76. The standard InChI is InChI=1S/C31H27ClN2O6/c1-19-7-16-25-26(17-19)30(38)34(29(25)37)33(28(36)21-8-12-23(32)13-9-21)18-27(35)20-10-14-24(15-11-20)40-31(39)22-5-3-2-4-6-22/h2-6,8-15,19,25-26H,7,16-18H2,1H3/t19-,25-,26+/m1/s1. The third-order valence-electron chi connectivity index (χ3n) is 7.42. The Morgan fingerprint density at radius 1 is 0.825 bits per heavy atom. The van der Waals surface area contributed by atoms with Crippen molar-refractivity contribution < 1.29 is 28.7 Å². The predicted molar refractivity (Wildman–Crippen MR) is 147 cm³/mol. The van der Waals surface area contributed by atoms with Gasteiger partial charge in [-0.1, -0.05) is 36.7 Å². The third kappa shape index (κ3) is 5.53. The van der Waals surface area contributed by atoms with Crippen molar-refractivity contribution in [3.63, 3.8) is 0 Å².